The van der Waals surface area contributed by atoms with E-state index in [0.29, 0.717) is 24.5 Å². The minimum absolute atomic E-state index is 0.00486. The quantitative estimate of drug-likeness (QED) is 0.522. The van der Waals surface area contributed by atoms with E-state index in [1.807, 2.05) is 37.3 Å². The van der Waals surface area contributed by atoms with Crippen LogP contribution in [0, 0.1) is 0 Å². The predicted octanol–water partition coefficient (Wildman–Crippen LogP) is 4.31. The van der Waals surface area contributed by atoms with Crippen LogP contribution in [-0.4, -0.2) is 17.0 Å². The van der Waals surface area contributed by atoms with Crippen LogP contribution >= 0.6 is 0 Å². The van der Waals surface area contributed by atoms with E-state index in [1.54, 1.807) is 30.3 Å². The first kappa shape index (κ1) is 21.1. The molecule has 3 aromatic rings. The van der Waals surface area contributed by atoms with Gasteiger partial charge in [0, 0.05) is 24.7 Å². The molecule has 1 heterocycles. The van der Waals surface area contributed by atoms with Gasteiger partial charge >= 0.3 is 0 Å². The maximum Gasteiger partial charge on any atom is 0.273 e. The van der Waals surface area contributed by atoms with Crippen molar-refractivity contribution in [3.63, 3.8) is 0 Å². The third kappa shape index (κ3) is 6.48. The summed E-state index contributed by atoms with van der Waals surface area (Å²) >= 11 is 0. The first-order valence-corrected chi connectivity index (χ1v) is 9.94. The van der Waals surface area contributed by atoms with Gasteiger partial charge in [-0.3, -0.25) is 9.59 Å². The molecule has 30 heavy (non-hydrogen) atoms. The summed E-state index contributed by atoms with van der Waals surface area (Å²) in [6, 6.07) is 18.3. The molecule has 2 amide bonds. The van der Waals surface area contributed by atoms with Gasteiger partial charge in [0.15, 0.2) is 11.5 Å². The first-order chi connectivity index (χ1) is 14.6. The number of hydrogen-bond acceptors (Lipinski definition) is 5. The summed E-state index contributed by atoms with van der Waals surface area (Å²) in [4.78, 5) is 23.9. The topological polar surface area (TPSA) is 93.5 Å². The average Bonchev–Trinajstić information content (AvgIpc) is 3.25. The van der Waals surface area contributed by atoms with Crippen molar-refractivity contribution in [2.75, 3.05) is 5.32 Å². The second-order valence-corrected chi connectivity index (χ2v) is 6.81. The number of rotatable bonds is 10. The molecule has 7 nitrogen and oxygen atoms in total. The van der Waals surface area contributed by atoms with Crippen LogP contribution < -0.4 is 15.4 Å². The van der Waals surface area contributed by atoms with Crippen LogP contribution in [0.4, 0.5) is 5.69 Å². The van der Waals surface area contributed by atoms with Gasteiger partial charge in [-0.25, -0.2) is 0 Å². The molecule has 0 fully saturated rings. The highest BCUT2D eigenvalue weighted by Crippen LogP contribution is 2.18. The van der Waals surface area contributed by atoms with E-state index in [1.165, 1.54) is 0 Å². The highest BCUT2D eigenvalue weighted by molar-refractivity contribution is 5.92. The molecule has 0 spiro atoms. The van der Waals surface area contributed by atoms with Crippen LogP contribution in [0.5, 0.6) is 5.75 Å². The van der Waals surface area contributed by atoms with E-state index < -0.39 is 0 Å². The molecular formula is C23H25N3O4. The van der Waals surface area contributed by atoms with Gasteiger partial charge in [-0.05, 0) is 36.2 Å². The zero-order valence-corrected chi connectivity index (χ0v) is 16.9. The lowest BCUT2D eigenvalue weighted by Gasteiger charge is -2.07. The number of carbonyl (C=O) groups is 2. The molecule has 7 heteroatoms. The Balaban J connectivity index is 1.45. The van der Waals surface area contributed by atoms with E-state index >= 15 is 0 Å². The van der Waals surface area contributed by atoms with Crippen molar-refractivity contribution in [3.05, 3.63) is 77.7 Å². The summed E-state index contributed by atoms with van der Waals surface area (Å²) in [5.41, 5.74) is 1.93. The number of amides is 2. The van der Waals surface area contributed by atoms with Crippen molar-refractivity contribution in [3.8, 4) is 5.75 Å². The Morgan fingerprint density at radius 1 is 1.07 bits per heavy atom. The highest BCUT2D eigenvalue weighted by Gasteiger charge is 2.13. The lowest BCUT2D eigenvalue weighted by atomic mass is 10.2. The first-order valence-electron chi connectivity index (χ1n) is 9.94. The summed E-state index contributed by atoms with van der Waals surface area (Å²) < 4.78 is 10.8. The molecule has 156 valence electrons. The Labute approximate surface area is 175 Å². The number of aromatic nitrogens is 1. The fourth-order valence-electron chi connectivity index (χ4n) is 2.71. The maximum atomic E-state index is 12.2. The van der Waals surface area contributed by atoms with Crippen LogP contribution in [0.3, 0.4) is 0 Å². The normalized spacial score (nSPS) is 10.4. The lowest BCUT2D eigenvalue weighted by Crippen LogP contribution is -2.22. The van der Waals surface area contributed by atoms with Crippen LogP contribution in [0.2, 0.25) is 0 Å². The molecule has 2 aromatic carbocycles. The summed E-state index contributed by atoms with van der Waals surface area (Å²) in [5.74, 6) is 0.757. The SMILES string of the molecule is CCCCC(=O)Nc1ccc(OCc2cc(C(=O)NCc3ccccc3)no2)cc1. The zero-order chi connectivity index (χ0) is 21.2. The largest absolute Gasteiger partial charge is 0.486 e. The van der Waals surface area contributed by atoms with E-state index in [4.69, 9.17) is 9.26 Å². The summed E-state index contributed by atoms with van der Waals surface area (Å²) in [7, 11) is 0. The van der Waals surface area contributed by atoms with E-state index in [0.717, 1.165) is 24.1 Å². The van der Waals surface area contributed by atoms with Crippen LogP contribution in [-0.2, 0) is 17.9 Å². The van der Waals surface area contributed by atoms with Gasteiger partial charge in [0.05, 0.1) is 0 Å². The Morgan fingerprint density at radius 2 is 1.83 bits per heavy atom. The smallest absolute Gasteiger partial charge is 0.273 e. The minimum Gasteiger partial charge on any atom is -0.486 e. The second kappa shape index (κ2) is 10.8. The van der Waals surface area contributed by atoms with Gasteiger partial charge in [0.25, 0.3) is 5.91 Å². The summed E-state index contributed by atoms with van der Waals surface area (Å²) in [5, 5.41) is 9.45. The molecule has 2 N–H and O–H groups in total. The fourth-order valence-corrected chi connectivity index (χ4v) is 2.71. The monoisotopic (exact) mass is 407 g/mol. The standard InChI is InChI=1S/C23H25N3O4/c1-2-3-9-22(27)25-18-10-12-19(13-11-18)29-16-20-14-21(26-30-20)23(28)24-15-17-7-5-4-6-8-17/h4-8,10-14H,2-3,9,15-16H2,1H3,(H,24,28)(H,25,27). The number of nitrogens with zero attached hydrogens (tertiary/aromatic N) is 1. The van der Waals surface area contributed by atoms with Crippen molar-refractivity contribution in [1.82, 2.24) is 10.5 Å². The predicted molar refractivity (Wildman–Crippen MR) is 113 cm³/mol. The number of benzene rings is 2. The van der Waals surface area contributed by atoms with Crippen LogP contribution in [0.1, 0.15) is 48.0 Å². The zero-order valence-electron chi connectivity index (χ0n) is 16.9. The molecule has 0 aliphatic heterocycles. The van der Waals surface area contributed by atoms with Gasteiger partial charge in [0.1, 0.15) is 12.4 Å². The van der Waals surface area contributed by atoms with Crippen molar-refractivity contribution >= 4 is 17.5 Å². The van der Waals surface area contributed by atoms with Crippen LogP contribution in [0.15, 0.2) is 65.2 Å². The molecular weight excluding hydrogens is 382 g/mol. The summed E-state index contributed by atoms with van der Waals surface area (Å²) in [6.07, 6.45) is 2.37. The van der Waals surface area contributed by atoms with Crippen molar-refractivity contribution in [2.45, 2.75) is 39.3 Å². The number of unbranched alkanes of at least 4 members (excludes halogenated alkanes) is 1. The number of anilines is 1. The molecule has 0 atom stereocenters. The second-order valence-electron chi connectivity index (χ2n) is 6.81. The number of nitrogens with one attached hydrogen (secondary N) is 2. The van der Waals surface area contributed by atoms with Gasteiger partial charge in [-0.2, -0.15) is 0 Å². The molecule has 0 radical (unpaired) electrons. The number of ether oxygens (including phenoxy) is 1. The fraction of sp³-hybridized carbons (Fsp3) is 0.261. The molecule has 0 saturated heterocycles. The third-order valence-electron chi connectivity index (χ3n) is 4.36. The molecule has 1 aromatic heterocycles. The van der Waals surface area contributed by atoms with Gasteiger partial charge in [-0.1, -0.05) is 48.8 Å². The van der Waals surface area contributed by atoms with Crippen LogP contribution in [0.25, 0.3) is 0 Å². The van der Waals surface area contributed by atoms with Gasteiger partial charge < -0.3 is 19.9 Å². The molecule has 3 rings (SSSR count). The Morgan fingerprint density at radius 3 is 2.57 bits per heavy atom. The average molecular weight is 407 g/mol. The van der Waals surface area contributed by atoms with E-state index in [2.05, 4.69) is 15.8 Å². The Hall–Kier alpha value is -3.61. The molecule has 0 bridgehead atoms. The maximum absolute atomic E-state index is 12.2. The van der Waals surface area contributed by atoms with Crippen molar-refractivity contribution < 1.29 is 18.8 Å². The van der Waals surface area contributed by atoms with Crippen molar-refractivity contribution in [1.29, 1.82) is 0 Å². The number of hydrogen-bond donors (Lipinski definition) is 2. The number of carbonyl (C=O) groups excluding carboxylic acids is 2. The van der Waals surface area contributed by atoms with E-state index in [-0.39, 0.29) is 24.1 Å². The molecule has 0 aliphatic rings. The van der Waals surface area contributed by atoms with E-state index in [9.17, 15) is 9.59 Å². The molecule has 0 aliphatic carbocycles. The molecule has 0 unspecified atom stereocenters. The van der Waals surface area contributed by atoms with Gasteiger partial charge in [0.2, 0.25) is 5.91 Å². The van der Waals surface area contributed by atoms with Crippen molar-refractivity contribution in [2.24, 2.45) is 0 Å². The van der Waals surface area contributed by atoms with Gasteiger partial charge in [-0.15, -0.1) is 0 Å². The highest BCUT2D eigenvalue weighted by atomic mass is 16.5. The molecule has 0 saturated carbocycles. The Kier molecular flexibility index (Phi) is 7.60. The minimum atomic E-state index is -0.308. The lowest BCUT2D eigenvalue weighted by molar-refractivity contribution is -0.116. The third-order valence-corrected chi connectivity index (χ3v) is 4.36. The summed E-state index contributed by atoms with van der Waals surface area (Å²) in [6.45, 7) is 2.61. The Bertz CT molecular complexity index is 952.